The highest BCUT2D eigenvalue weighted by molar-refractivity contribution is 5.93. The van der Waals surface area contributed by atoms with Crippen molar-refractivity contribution in [2.75, 3.05) is 51.2 Å². The van der Waals surface area contributed by atoms with E-state index in [1.54, 1.807) is 0 Å². The lowest BCUT2D eigenvalue weighted by Crippen LogP contribution is -2.49. The van der Waals surface area contributed by atoms with Gasteiger partial charge in [0.25, 0.3) is 0 Å². The van der Waals surface area contributed by atoms with Crippen LogP contribution in [0, 0.1) is 13.8 Å². The Morgan fingerprint density at radius 1 is 0.967 bits per heavy atom. The van der Waals surface area contributed by atoms with Crippen LogP contribution < -0.4 is 14.8 Å². The summed E-state index contributed by atoms with van der Waals surface area (Å²) in [6.45, 7) is 9.85. The minimum atomic E-state index is 0.0623. The van der Waals surface area contributed by atoms with Crippen LogP contribution in [0.5, 0.6) is 11.5 Å². The SMILES string of the molecule is Cc1cccc(C)c1NC(=O)CN1CCN(CCC2COc3ccccc3O2)CC1. The summed E-state index contributed by atoms with van der Waals surface area (Å²) in [6, 6.07) is 13.9. The van der Waals surface area contributed by atoms with Crippen molar-refractivity contribution in [3.05, 3.63) is 53.6 Å². The van der Waals surface area contributed by atoms with Gasteiger partial charge in [-0.25, -0.2) is 0 Å². The molecule has 0 radical (unpaired) electrons. The van der Waals surface area contributed by atoms with Gasteiger partial charge in [-0.15, -0.1) is 0 Å². The number of fused-ring (bicyclic) bond motifs is 1. The summed E-state index contributed by atoms with van der Waals surface area (Å²) in [5.41, 5.74) is 3.15. The Morgan fingerprint density at radius 3 is 2.37 bits per heavy atom. The Labute approximate surface area is 178 Å². The number of hydrogen-bond acceptors (Lipinski definition) is 5. The van der Waals surface area contributed by atoms with E-state index in [9.17, 15) is 4.79 Å². The summed E-state index contributed by atoms with van der Waals surface area (Å²) >= 11 is 0. The van der Waals surface area contributed by atoms with Crippen molar-refractivity contribution >= 4 is 11.6 Å². The molecule has 6 nitrogen and oxygen atoms in total. The summed E-state index contributed by atoms with van der Waals surface area (Å²) in [5.74, 6) is 1.74. The van der Waals surface area contributed by atoms with E-state index in [-0.39, 0.29) is 12.0 Å². The minimum Gasteiger partial charge on any atom is -0.486 e. The van der Waals surface area contributed by atoms with E-state index in [1.165, 1.54) is 0 Å². The van der Waals surface area contributed by atoms with Gasteiger partial charge < -0.3 is 19.7 Å². The van der Waals surface area contributed by atoms with Crippen LogP contribution in [-0.2, 0) is 4.79 Å². The van der Waals surface area contributed by atoms with Gasteiger partial charge in [0, 0.05) is 44.8 Å². The molecule has 1 saturated heterocycles. The third-order valence-electron chi connectivity index (χ3n) is 5.91. The number of aryl methyl sites for hydroxylation is 2. The second-order valence-electron chi connectivity index (χ2n) is 8.22. The molecule has 1 unspecified atom stereocenters. The quantitative estimate of drug-likeness (QED) is 0.795. The number of benzene rings is 2. The van der Waals surface area contributed by atoms with Crippen LogP contribution in [0.3, 0.4) is 0 Å². The molecule has 1 N–H and O–H groups in total. The number of rotatable bonds is 6. The third-order valence-corrected chi connectivity index (χ3v) is 5.91. The van der Waals surface area contributed by atoms with Gasteiger partial charge in [-0.3, -0.25) is 9.69 Å². The van der Waals surface area contributed by atoms with Crippen LogP contribution in [0.15, 0.2) is 42.5 Å². The monoisotopic (exact) mass is 409 g/mol. The predicted molar refractivity (Wildman–Crippen MR) is 118 cm³/mol. The van der Waals surface area contributed by atoms with E-state index < -0.39 is 0 Å². The van der Waals surface area contributed by atoms with E-state index >= 15 is 0 Å². The highest BCUT2D eigenvalue weighted by atomic mass is 16.6. The molecule has 0 aromatic heterocycles. The van der Waals surface area contributed by atoms with Gasteiger partial charge in [0.05, 0.1) is 6.54 Å². The fourth-order valence-electron chi connectivity index (χ4n) is 4.10. The molecule has 1 amide bonds. The molecule has 1 atom stereocenters. The molecule has 2 aliphatic heterocycles. The molecule has 160 valence electrons. The molecule has 0 aliphatic carbocycles. The number of piperazine rings is 1. The van der Waals surface area contributed by atoms with Crippen LogP contribution >= 0.6 is 0 Å². The normalized spacial score (nSPS) is 19.5. The number of para-hydroxylation sites is 3. The molecular formula is C24H31N3O3. The first-order valence-electron chi connectivity index (χ1n) is 10.8. The maximum Gasteiger partial charge on any atom is 0.238 e. The zero-order valence-electron chi connectivity index (χ0n) is 17.9. The first-order valence-corrected chi connectivity index (χ1v) is 10.8. The zero-order valence-corrected chi connectivity index (χ0v) is 17.9. The molecule has 1 fully saturated rings. The van der Waals surface area contributed by atoms with Crippen molar-refractivity contribution in [2.45, 2.75) is 26.4 Å². The first kappa shape index (κ1) is 20.7. The molecule has 0 saturated carbocycles. The van der Waals surface area contributed by atoms with Crippen LogP contribution in [0.25, 0.3) is 0 Å². The van der Waals surface area contributed by atoms with Crippen LogP contribution in [0.4, 0.5) is 5.69 Å². The van der Waals surface area contributed by atoms with Gasteiger partial charge in [0.15, 0.2) is 11.5 Å². The molecule has 4 rings (SSSR count). The number of anilines is 1. The molecule has 0 spiro atoms. The molecule has 2 aromatic rings. The Morgan fingerprint density at radius 2 is 1.63 bits per heavy atom. The smallest absolute Gasteiger partial charge is 0.238 e. The lowest BCUT2D eigenvalue weighted by Gasteiger charge is -2.35. The lowest BCUT2D eigenvalue weighted by molar-refractivity contribution is -0.117. The predicted octanol–water partition coefficient (Wildman–Crippen LogP) is 3.09. The van der Waals surface area contributed by atoms with Crippen molar-refractivity contribution in [1.29, 1.82) is 0 Å². The molecule has 2 aliphatic rings. The molecule has 6 heteroatoms. The maximum absolute atomic E-state index is 12.5. The number of nitrogens with zero attached hydrogens (tertiary/aromatic N) is 2. The average molecular weight is 410 g/mol. The van der Waals surface area contributed by atoms with Gasteiger partial charge >= 0.3 is 0 Å². The average Bonchev–Trinajstić information content (AvgIpc) is 2.76. The number of carbonyl (C=O) groups excluding carboxylic acids is 1. The summed E-state index contributed by atoms with van der Waals surface area (Å²) in [5, 5.41) is 3.09. The Kier molecular flexibility index (Phi) is 6.55. The number of amides is 1. The standard InChI is InChI=1S/C24H31N3O3/c1-18-6-5-7-19(2)24(18)25-23(28)16-27-14-12-26(13-15-27)11-10-20-17-29-21-8-3-4-9-22(21)30-20/h3-9,20H,10-17H2,1-2H3,(H,25,28). The first-order chi connectivity index (χ1) is 14.6. The Hall–Kier alpha value is -2.57. The van der Waals surface area contributed by atoms with E-state index in [0.717, 1.165) is 67.5 Å². The fraction of sp³-hybridized carbons (Fsp3) is 0.458. The molecule has 0 bridgehead atoms. The summed E-state index contributed by atoms with van der Waals surface area (Å²) in [4.78, 5) is 17.2. The Balaban J connectivity index is 1.18. The van der Waals surface area contributed by atoms with Gasteiger partial charge in [0.2, 0.25) is 5.91 Å². The van der Waals surface area contributed by atoms with Gasteiger partial charge in [-0.1, -0.05) is 30.3 Å². The molecular weight excluding hydrogens is 378 g/mol. The topological polar surface area (TPSA) is 54.0 Å². The lowest BCUT2D eigenvalue weighted by atomic mass is 10.1. The third kappa shape index (κ3) is 5.12. The number of nitrogens with one attached hydrogen (secondary N) is 1. The van der Waals surface area contributed by atoms with Crippen LogP contribution in [-0.4, -0.2) is 67.7 Å². The highest BCUT2D eigenvalue weighted by Gasteiger charge is 2.23. The maximum atomic E-state index is 12.5. The van der Waals surface area contributed by atoms with E-state index in [1.807, 2.05) is 56.3 Å². The van der Waals surface area contributed by atoms with Crippen molar-refractivity contribution in [3.63, 3.8) is 0 Å². The van der Waals surface area contributed by atoms with Crippen molar-refractivity contribution in [2.24, 2.45) is 0 Å². The van der Waals surface area contributed by atoms with Gasteiger partial charge in [-0.05, 0) is 37.1 Å². The Bertz CT molecular complexity index is 857. The summed E-state index contributed by atoms with van der Waals surface area (Å²) in [6.07, 6.45) is 1.04. The van der Waals surface area contributed by atoms with Crippen LogP contribution in [0.1, 0.15) is 17.5 Å². The number of ether oxygens (including phenoxy) is 2. The van der Waals surface area contributed by atoms with E-state index in [4.69, 9.17) is 9.47 Å². The minimum absolute atomic E-state index is 0.0623. The largest absolute Gasteiger partial charge is 0.486 e. The number of carbonyl (C=O) groups is 1. The van der Waals surface area contributed by atoms with Gasteiger partial charge in [0.1, 0.15) is 12.7 Å². The van der Waals surface area contributed by atoms with Crippen molar-refractivity contribution < 1.29 is 14.3 Å². The molecule has 30 heavy (non-hydrogen) atoms. The van der Waals surface area contributed by atoms with E-state index in [0.29, 0.717) is 13.2 Å². The molecule has 2 aromatic carbocycles. The summed E-state index contributed by atoms with van der Waals surface area (Å²) in [7, 11) is 0. The second kappa shape index (κ2) is 9.49. The second-order valence-corrected chi connectivity index (χ2v) is 8.22. The van der Waals surface area contributed by atoms with E-state index in [2.05, 4.69) is 15.1 Å². The summed E-state index contributed by atoms with van der Waals surface area (Å²) < 4.78 is 11.9. The van der Waals surface area contributed by atoms with Crippen molar-refractivity contribution in [1.82, 2.24) is 9.80 Å². The van der Waals surface area contributed by atoms with Crippen molar-refractivity contribution in [3.8, 4) is 11.5 Å². The highest BCUT2D eigenvalue weighted by Crippen LogP contribution is 2.31. The molecule has 2 heterocycles. The van der Waals surface area contributed by atoms with Crippen LogP contribution in [0.2, 0.25) is 0 Å². The zero-order chi connectivity index (χ0) is 20.9. The fourth-order valence-corrected chi connectivity index (χ4v) is 4.10. The van der Waals surface area contributed by atoms with Gasteiger partial charge in [-0.2, -0.15) is 0 Å². The number of hydrogen-bond donors (Lipinski definition) is 1.